The van der Waals surface area contributed by atoms with E-state index in [4.69, 9.17) is 16.3 Å². The summed E-state index contributed by atoms with van der Waals surface area (Å²) in [6, 6.07) is 21.1. The van der Waals surface area contributed by atoms with Gasteiger partial charge in [0, 0.05) is 12.6 Å². The molecule has 1 aliphatic carbocycles. The van der Waals surface area contributed by atoms with Crippen LogP contribution in [0, 0.1) is 0 Å². The fourth-order valence-electron chi connectivity index (χ4n) is 5.13. The van der Waals surface area contributed by atoms with Crippen LogP contribution < -0.4 is 14.4 Å². The van der Waals surface area contributed by atoms with Crippen LogP contribution >= 0.6 is 11.6 Å². The molecule has 1 aliphatic rings. The zero-order valence-corrected chi connectivity index (χ0v) is 24.9. The van der Waals surface area contributed by atoms with Crippen LogP contribution in [0.1, 0.15) is 44.6 Å². The minimum absolute atomic E-state index is 0.0281. The number of rotatable bonds is 12. The summed E-state index contributed by atoms with van der Waals surface area (Å²) >= 11 is 6.38. The lowest BCUT2D eigenvalue weighted by Gasteiger charge is -2.33. The first-order valence-corrected chi connectivity index (χ1v) is 15.6. The Morgan fingerprint density at radius 3 is 2.22 bits per heavy atom. The summed E-state index contributed by atoms with van der Waals surface area (Å²) in [6.45, 7) is 1.48. The third kappa shape index (κ3) is 7.40. The van der Waals surface area contributed by atoms with Gasteiger partial charge in [0.15, 0.2) is 0 Å². The summed E-state index contributed by atoms with van der Waals surface area (Å²) in [7, 11) is -2.71. The van der Waals surface area contributed by atoms with Crippen LogP contribution in [0.15, 0.2) is 83.8 Å². The lowest BCUT2D eigenvalue weighted by molar-refractivity contribution is -0.140. The van der Waals surface area contributed by atoms with Crippen LogP contribution in [0.2, 0.25) is 5.02 Å². The molecule has 3 aromatic carbocycles. The lowest BCUT2D eigenvalue weighted by Crippen LogP contribution is -2.53. The van der Waals surface area contributed by atoms with Gasteiger partial charge in [-0.3, -0.25) is 13.9 Å². The largest absolute Gasteiger partial charge is 0.495 e. The second kappa shape index (κ2) is 13.9. The number of carbonyl (C=O) groups excluding carboxylic acids is 2. The average Bonchev–Trinajstić information content (AvgIpc) is 3.49. The number of hydrogen-bond acceptors (Lipinski definition) is 5. The third-order valence-corrected chi connectivity index (χ3v) is 9.40. The SMILES string of the molecule is CC[C@H](C(=O)NC1CCCC1)N(Cc1ccccc1)C(=O)CN(c1ccc(OC)c(Cl)c1)S(=O)(=O)c1ccccc1. The van der Waals surface area contributed by atoms with E-state index in [1.807, 2.05) is 37.3 Å². The molecule has 1 N–H and O–H groups in total. The smallest absolute Gasteiger partial charge is 0.264 e. The zero-order chi connectivity index (χ0) is 29.4. The minimum atomic E-state index is -4.18. The van der Waals surface area contributed by atoms with Crippen LogP contribution in [0.3, 0.4) is 0 Å². The van der Waals surface area contributed by atoms with Crippen LogP contribution in [-0.4, -0.2) is 50.9 Å². The Balaban J connectivity index is 1.72. The molecule has 41 heavy (non-hydrogen) atoms. The van der Waals surface area contributed by atoms with E-state index >= 15 is 0 Å². The van der Waals surface area contributed by atoms with E-state index in [-0.39, 0.29) is 34.1 Å². The van der Waals surface area contributed by atoms with Crippen LogP contribution in [0.25, 0.3) is 0 Å². The normalized spacial score (nSPS) is 14.3. The Labute approximate surface area is 247 Å². The molecule has 1 saturated carbocycles. The van der Waals surface area contributed by atoms with E-state index in [0.29, 0.717) is 12.2 Å². The first kappa shape index (κ1) is 30.4. The van der Waals surface area contributed by atoms with Crippen molar-refractivity contribution in [3.05, 3.63) is 89.4 Å². The number of ether oxygens (including phenoxy) is 1. The van der Waals surface area contributed by atoms with Crippen molar-refractivity contribution in [3.63, 3.8) is 0 Å². The van der Waals surface area contributed by atoms with Crippen molar-refractivity contribution in [1.29, 1.82) is 0 Å². The number of amides is 2. The topological polar surface area (TPSA) is 96.0 Å². The van der Waals surface area contributed by atoms with Crippen molar-refractivity contribution in [3.8, 4) is 5.75 Å². The monoisotopic (exact) mass is 597 g/mol. The van der Waals surface area contributed by atoms with Gasteiger partial charge in [-0.25, -0.2) is 8.42 Å². The summed E-state index contributed by atoms with van der Waals surface area (Å²) in [5, 5.41) is 3.32. The molecule has 10 heteroatoms. The number of nitrogens with zero attached hydrogens (tertiary/aromatic N) is 2. The van der Waals surface area contributed by atoms with Gasteiger partial charge in [0.1, 0.15) is 18.3 Å². The molecule has 0 spiro atoms. The highest BCUT2D eigenvalue weighted by atomic mass is 35.5. The van der Waals surface area contributed by atoms with E-state index in [1.165, 1.54) is 30.2 Å². The second-order valence-corrected chi connectivity index (χ2v) is 12.3. The molecule has 0 saturated heterocycles. The van der Waals surface area contributed by atoms with Gasteiger partial charge in [-0.2, -0.15) is 0 Å². The standard InChI is InChI=1S/C31H36ClN3O5S/c1-3-28(31(37)33-24-14-10-11-15-24)34(21-23-12-6-4-7-13-23)30(36)22-35(25-18-19-29(40-2)27(32)20-25)41(38,39)26-16-8-5-9-17-26/h4-9,12-13,16-20,24,28H,3,10-11,14-15,21-22H2,1-2H3,(H,33,37)/t28-/m1/s1. The molecular formula is C31H36ClN3O5S. The molecule has 218 valence electrons. The van der Waals surface area contributed by atoms with Crippen molar-refractivity contribution in [2.75, 3.05) is 18.0 Å². The zero-order valence-electron chi connectivity index (χ0n) is 23.3. The van der Waals surface area contributed by atoms with Gasteiger partial charge in [-0.1, -0.05) is 79.9 Å². The predicted molar refractivity (Wildman–Crippen MR) is 160 cm³/mol. The highest BCUT2D eigenvalue weighted by Gasteiger charge is 2.34. The highest BCUT2D eigenvalue weighted by Crippen LogP contribution is 2.32. The lowest BCUT2D eigenvalue weighted by atomic mass is 10.1. The van der Waals surface area contributed by atoms with E-state index < -0.39 is 28.5 Å². The fourth-order valence-corrected chi connectivity index (χ4v) is 6.80. The van der Waals surface area contributed by atoms with Crippen LogP contribution in [0.4, 0.5) is 5.69 Å². The number of carbonyl (C=O) groups is 2. The molecule has 0 unspecified atom stereocenters. The Kier molecular flexibility index (Phi) is 10.3. The van der Waals surface area contributed by atoms with Crippen LogP contribution in [0.5, 0.6) is 5.75 Å². The Morgan fingerprint density at radius 1 is 1.00 bits per heavy atom. The summed E-state index contributed by atoms with van der Waals surface area (Å²) in [5.41, 5.74) is 1.04. The maximum Gasteiger partial charge on any atom is 0.264 e. The van der Waals surface area contributed by atoms with Gasteiger partial charge >= 0.3 is 0 Å². The number of hydrogen-bond donors (Lipinski definition) is 1. The summed E-state index contributed by atoms with van der Waals surface area (Å²) in [6.07, 6.45) is 4.32. The van der Waals surface area contributed by atoms with E-state index in [0.717, 1.165) is 35.6 Å². The molecule has 4 rings (SSSR count). The number of methoxy groups -OCH3 is 1. The van der Waals surface area contributed by atoms with Gasteiger partial charge in [0.25, 0.3) is 10.0 Å². The second-order valence-electron chi connectivity index (χ2n) is 10.1. The first-order chi connectivity index (χ1) is 19.7. The molecule has 0 aliphatic heterocycles. The molecule has 3 aromatic rings. The summed E-state index contributed by atoms with van der Waals surface area (Å²) in [4.78, 5) is 29.1. The molecular weight excluding hydrogens is 562 g/mol. The minimum Gasteiger partial charge on any atom is -0.495 e. The number of nitrogens with one attached hydrogen (secondary N) is 1. The number of anilines is 1. The Hall–Kier alpha value is -3.56. The first-order valence-electron chi connectivity index (χ1n) is 13.8. The number of benzene rings is 3. The van der Waals surface area contributed by atoms with Gasteiger partial charge in [-0.05, 0) is 55.2 Å². The van der Waals surface area contributed by atoms with Crippen LogP contribution in [-0.2, 0) is 26.2 Å². The molecule has 1 fully saturated rings. The third-order valence-electron chi connectivity index (χ3n) is 7.32. The molecule has 0 radical (unpaired) electrons. The summed E-state index contributed by atoms with van der Waals surface area (Å²) < 4.78 is 34.1. The maximum absolute atomic E-state index is 14.1. The molecule has 1 atom stereocenters. The highest BCUT2D eigenvalue weighted by molar-refractivity contribution is 7.92. The van der Waals surface area contributed by atoms with E-state index in [1.54, 1.807) is 30.3 Å². The van der Waals surface area contributed by atoms with Crippen molar-refractivity contribution < 1.29 is 22.7 Å². The van der Waals surface area contributed by atoms with Gasteiger partial charge in [-0.15, -0.1) is 0 Å². The Bertz CT molecular complexity index is 1430. The van der Waals surface area contributed by atoms with Gasteiger partial charge in [0.05, 0.1) is 22.7 Å². The molecule has 0 bridgehead atoms. The van der Waals surface area contributed by atoms with Gasteiger partial charge in [0.2, 0.25) is 11.8 Å². The Morgan fingerprint density at radius 2 is 1.63 bits per heavy atom. The number of halogens is 1. The quantitative estimate of drug-likeness (QED) is 0.301. The summed E-state index contributed by atoms with van der Waals surface area (Å²) in [5.74, 6) is -0.360. The van der Waals surface area contributed by atoms with Crippen molar-refractivity contribution in [2.45, 2.75) is 62.6 Å². The molecule has 2 amide bonds. The molecule has 0 aromatic heterocycles. The van der Waals surface area contributed by atoms with E-state index in [9.17, 15) is 18.0 Å². The molecule has 8 nitrogen and oxygen atoms in total. The van der Waals surface area contributed by atoms with E-state index in [2.05, 4.69) is 5.32 Å². The van der Waals surface area contributed by atoms with Crippen molar-refractivity contribution in [1.82, 2.24) is 10.2 Å². The number of sulfonamides is 1. The average molecular weight is 598 g/mol. The van der Waals surface area contributed by atoms with Crippen molar-refractivity contribution in [2.24, 2.45) is 0 Å². The fraction of sp³-hybridized carbons (Fsp3) is 0.355. The van der Waals surface area contributed by atoms with Crippen molar-refractivity contribution >= 4 is 39.1 Å². The maximum atomic E-state index is 14.1. The van der Waals surface area contributed by atoms with Gasteiger partial charge < -0.3 is 15.0 Å². The molecule has 0 heterocycles. The predicted octanol–water partition coefficient (Wildman–Crippen LogP) is 5.41.